The summed E-state index contributed by atoms with van der Waals surface area (Å²) in [4.78, 5) is 11.4. The molecule has 68 valence electrons. The summed E-state index contributed by atoms with van der Waals surface area (Å²) < 4.78 is 0. The second-order valence-corrected chi connectivity index (χ2v) is 5.03. The summed E-state index contributed by atoms with van der Waals surface area (Å²) in [6.45, 7) is 0. The van der Waals surface area contributed by atoms with Crippen LogP contribution in [0.5, 0.6) is 0 Å². The van der Waals surface area contributed by atoms with Crippen molar-refractivity contribution in [2.45, 2.75) is 18.9 Å². The third-order valence-electron chi connectivity index (χ3n) is 4.77. The molecule has 1 saturated heterocycles. The summed E-state index contributed by atoms with van der Waals surface area (Å²) in [6.07, 6.45) is 7.28. The van der Waals surface area contributed by atoms with Crippen LogP contribution in [0.25, 0.3) is 0 Å². The Bertz CT molecular complexity index is 320. The molecule has 1 N–H and O–H groups in total. The van der Waals surface area contributed by atoms with Crippen molar-refractivity contribution in [3.63, 3.8) is 0 Å². The summed E-state index contributed by atoms with van der Waals surface area (Å²) in [5.41, 5.74) is 0. The summed E-state index contributed by atoms with van der Waals surface area (Å²) in [6, 6.07) is 0.568. The van der Waals surface area contributed by atoms with E-state index in [9.17, 15) is 4.79 Å². The van der Waals surface area contributed by atoms with Gasteiger partial charge < -0.3 is 5.32 Å². The number of amides is 1. The number of hydrogen-bond acceptors (Lipinski definition) is 1. The SMILES string of the molecule is O=C1N[C@H]2[C@H]3C[C@H]([C@@H]4C=CC[C@@H]43)[C@@H]12. The summed E-state index contributed by atoms with van der Waals surface area (Å²) in [5, 5.41) is 3.08. The van der Waals surface area contributed by atoms with Crippen LogP contribution in [-0.4, -0.2) is 11.9 Å². The van der Waals surface area contributed by atoms with Crippen LogP contribution in [-0.2, 0) is 4.79 Å². The average molecular weight is 175 g/mol. The molecule has 0 radical (unpaired) electrons. The lowest BCUT2D eigenvalue weighted by Gasteiger charge is -2.44. The zero-order valence-electron chi connectivity index (χ0n) is 7.44. The molecule has 0 unspecified atom stereocenters. The molecule has 0 aromatic heterocycles. The molecule has 0 spiro atoms. The molecule has 4 aliphatic rings. The van der Waals surface area contributed by atoms with E-state index < -0.39 is 0 Å². The standard InChI is InChI=1S/C11H13NO/c13-11-9-7-4-8(10(9)12-11)6-3-1-2-5(6)7/h1-2,5-10H,3-4H2,(H,12,13)/t5-,6+,7-,8+,9-,10+/m1/s1. The number of β-lactam (4-membered cyclic amide) rings is 1. The van der Waals surface area contributed by atoms with Crippen molar-refractivity contribution in [2.75, 3.05) is 0 Å². The van der Waals surface area contributed by atoms with Gasteiger partial charge in [0.25, 0.3) is 0 Å². The lowest BCUT2D eigenvalue weighted by atomic mass is 9.69. The zero-order chi connectivity index (χ0) is 8.58. The van der Waals surface area contributed by atoms with Gasteiger partial charge in [-0.25, -0.2) is 0 Å². The van der Waals surface area contributed by atoms with E-state index in [1.54, 1.807) is 0 Å². The van der Waals surface area contributed by atoms with Crippen LogP contribution in [0.4, 0.5) is 0 Å². The van der Waals surface area contributed by atoms with Crippen LogP contribution in [0.1, 0.15) is 12.8 Å². The Morgan fingerprint density at radius 2 is 2.23 bits per heavy atom. The molecule has 1 amide bonds. The highest BCUT2D eigenvalue weighted by Gasteiger charge is 2.64. The predicted molar refractivity (Wildman–Crippen MR) is 47.8 cm³/mol. The van der Waals surface area contributed by atoms with Gasteiger partial charge in [-0.2, -0.15) is 0 Å². The lowest BCUT2D eigenvalue weighted by molar-refractivity contribution is -0.139. The molecule has 0 aromatic carbocycles. The van der Waals surface area contributed by atoms with Crippen LogP contribution in [0, 0.1) is 29.6 Å². The van der Waals surface area contributed by atoms with Crippen LogP contribution >= 0.6 is 0 Å². The van der Waals surface area contributed by atoms with E-state index in [0.717, 1.165) is 17.8 Å². The first-order chi connectivity index (χ1) is 6.36. The summed E-state index contributed by atoms with van der Waals surface area (Å²) >= 11 is 0. The van der Waals surface area contributed by atoms with E-state index in [-0.39, 0.29) is 0 Å². The maximum Gasteiger partial charge on any atom is 0.225 e. The van der Waals surface area contributed by atoms with E-state index >= 15 is 0 Å². The summed E-state index contributed by atoms with van der Waals surface area (Å²) in [7, 11) is 0. The van der Waals surface area contributed by atoms with Crippen molar-refractivity contribution in [3.05, 3.63) is 12.2 Å². The van der Waals surface area contributed by atoms with Gasteiger partial charge in [0.1, 0.15) is 0 Å². The Hall–Kier alpha value is -0.790. The maximum absolute atomic E-state index is 11.4. The van der Waals surface area contributed by atoms with Gasteiger partial charge in [-0.1, -0.05) is 12.2 Å². The number of carbonyl (C=O) groups excluding carboxylic acids is 1. The monoisotopic (exact) mass is 175 g/mol. The molecule has 2 heteroatoms. The van der Waals surface area contributed by atoms with Gasteiger partial charge in [0, 0.05) is 6.04 Å². The van der Waals surface area contributed by atoms with Crippen LogP contribution < -0.4 is 5.32 Å². The number of nitrogens with one attached hydrogen (secondary N) is 1. The first-order valence-electron chi connectivity index (χ1n) is 5.33. The van der Waals surface area contributed by atoms with Crippen LogP contribution in [0.15, 0.2) is 12.2 Å². The van der Waals surface area contributed by atoms with E-state index in [1.165, 1.54) is 12.8 Å². The molecule has 13 heavy (non-hydrogen) atoms. The molecule has 3 aliphatic carbocycles. The van der Waals surface area contributed by atoms with Crippen molar-refractivity contribution < 1.29 is 4.79 Å². The third-order valence-corrected chi connectivity index (χ3v) is 4.77. The number of allylic oxidation sites excluding steroid dienone is 2. The molecule has 2 nitrogen and oxygen atoms in total. The lowest BCUT2D eigenvalue weighted by Crippen LogP contribution is -2.63. The van der Waals surface area contributed by atoms with E-state index in [0.29, 0.717) is 23.8 Å². The molecular weight excluding hydrogens is 162 g/mol. The minimum atomic E-state index is 0.330. The van der Waals surface area contributed by atoms with Gasteiger partial charge in [-0.15, -0.1) is 0 Å². The fourth-order valence-corrected chi connectivity index (χ4v) is 4.31. The fourth-order valence-electron chi connectivity index (χ4n) is 4.31. The smallest absolute Gasteiger partial charge is 0.225 e. The second-order valence-electron chi connectivity index (χ2n) is 5.03. The Morgan fingerprint density at radius 1 is 1.31 bits per heavy atom. The predicted octanol–water partition coefficient (Wildman–Crippen LogP) is 0.943. The van der Waals surface area contributed by atoms with Gasteiger partial charge in [-0.3, -0.25) is 4.79 Å². The minimum absolute atomic E-state index is 0.330. The quantitative estimate of drug-likeness (QED) is 0.431. The van der Waals surface area contributed by atoms with Crippen molar-refractivity contribution in [1.82, 2.24) is 5.32 Å². The van der Waals surface area contributed by atoms with Crippen LogP contribution in [0.3, 0.4) is 0 Å². The molecule has 2 saturated carbocycles. The Morgan fingerprint density at radius 3 is 3.08 bits per heavy atom. The van der Waals surface area contributed by atoms with Crippen molar-refractivity contribution in [1.29, 1.82) is 0 Å². The van der Waals surface area contributed by atoms with Crippen molar-refractivity contribution >= 4 is 5.91 Å². The average Bonchev–Trinajstić information content (AvgIpc) is 2.68. The molecule has 0 aromatic rings. The molecular formula is C11H13NO. The molecule has 2 bridgehead atoms. The number of carbonyl (C=O) groups is 1. The van der Waals surface area contributed by atoms with E-state index in [2.05, 4.69) is 17.5 Å². The molecule has 1 heterocycles. The van der Waals surface area contributed by atoms with E-state index in [1.807, 2.05) is 0 Å². The molecule has 1 aliphatic heterocycles. The summed E-state index contributed by atoms with van der Waals surface area (Å²) in [5.74, 6) is 3.88. The zero-order valence-corrected chi connectivity index (χ0v) is 7.44. The highest BCUT2D eigenvalue weighted by atomic mass is 16.2. The normalized spacial score (nSPS) is 60.2. The topological polar surface area (TPSA) is 29.1 Å². The molecule has 6 atom stereocenters. The first-order valence-corrected chi connectivity index (χ1v) is 5.33. The van der Waals surface area contributed by atoms with E-state index in [4.69, 9.17) is 0 Å². The van der Waals surface area contributed by atoms with Crippen molar-refractivity contribution in [3.8, 4) is 0 Å². The van der Waals surface area contributed by atoms with Crippen LogP contribution in [0.2, 0.25) is 0 Å². The van der Waals surface area contributed by atoms with Gasteiger partial charge in [0.05, 0.1) is 5.92 Å². The first kappa shape index (κ1) is 6.63. The van der Waals surface area contributed by atoms with Gasteiger partial charge in [0.15, 0.2) is 0 Å². The number of fused-ring (bicyclic) bond motifs is 8. The van der Waals surface area contributed by atoms with Gasteiger partial charge in [0.2, 0.25) is 5.91 Å². The Balaban J connectivity index is 1.77. The Labute approximate surface area is 77.4 Å². The third kappa shape index (κ3) is 0.560. The minimum Gasteiger partial charge on any atom is -0.352 e. The molecule has 3 fully saturated rings. The molecule has 4 rings (SSSR count). The number of hydrogen-bond donors (Lipinski definition) is 1. The highest BCUT2D eigenvalue weighted by Crippen LogP contribution is 2.61. The fraction of sp³-hybridized carbons (Fsp3) is 0.727. The van der Waals surface area contributed by atoms with Gasteiger partial charge in [-0.05, 0) is 36.5 Å². The second kappa shape index (κ2) is 1.84. The van der Waals surface area contributed by atoms with Crippen molar-refractivity contribution in [2.24, 2.45) is 29.6 Å². The highest BCUT2D eigenvalue weighted by molar-refractivity contribution is 5.87. The Kier molecular flexibility index (Phi) is 0.938. The van der Waals surface area contributed by atoms with Gasteiger partial charge >= 0.3 is 0 Å². The maximum atomic E-state index is 11.4. The number of rotatable bonds is 0. The largest absolute Gasteiger partial charge is 0.352 e.